The van der Waals surface area contributed by atoms with Crippen molar-refractivity contribution in [3.63, 3.8) is 0 Å². The topological polar surface area (TPSA) is 40.6 Å². The first-order valence-corrected chi connectivity index (χ1v) is 6.80. The van der Waals surface area contributed by atoms with Crippen LogP contribution in [0.15, 0.2) is 18.3 Å². The van der Waals surface area contributed by atoms with E-state index in [0.717, 1.165) is 0 Å². The first-order valence-electron chi connectivity index (χ1n) is 6.80. The molecule has 0 N–H and O–H groups in total. The minimum absolute atomic E-state index is 0.0836. The number of pyridine rings is 1. The Bertz CT molecular complexity index is 368. The number of nitrogens with zero attached hydrogens (tertiary/aromatic N) is 1. The first-order chi connectivity index (χ1) is 8.97. The molecule has 0 spiro atoms. The molecule has 0 saturated carbocycles. The minimum atomic E-state index is -0.338. The standard InChI is InChI=1S/C15H25NO3/c1-6-17-14(18-7-2)11-19-13-10-12(8-9-16-13)15(3,4)5/h8-10,14H,6-7,11H2,1-5H3. The van der Waals surface area contributed by atoms with Crippen molar-refractivity contribution >= 4 is 0 Å². The Morgan fingerprint density at radius 3 is 2.32 bits per heavy atom. The normalized spacial score (nSPS) is 11.9. The fourth-order valence-electron chi connectivity index (χ4n) is 1.62. The lowest BCUT2D eigenvalue weighted by Gasteiger charge is -2.20. The highest BCUT2D eigenvalue weighted by atomic mass is 16.7. The van der Waals surface area contributed by atoms with E-state index in [9.17, 15) is 0 Å². The highest BCUT2D eigenvalue weighted by Crippen LogP contribution is 2.24. The van der Waals surface area contributed by atoms with Gasteiger partial charge in [-0.15, -0.1) is 0 Å². The second-order valence-corrected chi connectivity index (χ2v) is 5.28. The van der Waals surface area contributed by atoms with E-state index in [0.29, 0.717) is 25.7 Å². The van der Waals surface area contributed by atoms with Crippen LogP contribution in [0.1, 0.15) is 40.2 Å². The Morgan fingerprint density at radius 1 is 1.16 bits per heavy atom. The van der Waals surface area contributed by atoms with Gasteiger partial charge in [-0.1, -0.05) is 20.8 Å². The third kappa shape index (κ3) is 5.57. The van der Waals surface area contributed by atoms with Gasteiger partial charge < -0.3 is 14.2 Å². The van der Waals surface area contributed by atoms with Crippen molar-refractivity contribution in [2.45, 2.75) is 46.3 Å². The number of aromatic nitrogens is 1. The summed E-state index contributed by atoms with van der Waals surface area (Å²) in [6.45, 7) is 11.9. The lowest BCUT2D eigenvalue weighted by atomic mass is 9.88. The van der Waals surface area contributed by atoms with Gasteiger partial charge in [0.15, 0.2) is 6.29 Å². The minimum Gasteiger partial charge on any atom is -0.472 e. The zero-order valence-corrected chi connectivity index (χ0v) is 12.6. The predicted molar refractivity (Wildman–Crippen MR) is 75.5 cm³/mol. The highest BCUT2D eigenvalue weighted by molar-refractivity contribution is 5.26. The van der Waals surface area contributed by atoms with Crippen LogP contribution in [0, 0.1) is 0 Å². The lowest BCUT2D eigenvalue weighted by molar-refractivity contribution is -0.152. The monoisotopic (exact) mass is 267 g/mol. The molecule has 0 amide bonds. The van der Waals surface area contributed by atoms with Crippen LogP contribution < -0.4 is 4.74 Å². The number of hydrogen-bond donors (Lipinski definition) is 0. The zero-order valence-electron chi connectivity index (χ0n) is 12.6. The molecule has 0 radical (unpaired) electrons. The summed E-state index contributed by atoms with van der Waals surface area (Å²) in [6, 6.07) is 3.98. The molecule has 0 aliphatic rings. The lowest BCUT2D eigenvalue weighted by Crippen LogP contribution is -2.25. The summed E-state index contributed by atoms with van der Waals surface area (Å²) in [5.41, 5.74) is 1.28. The van der Waals surface area contributed by atoms with Crippen LogP contribution in [0.4, 0.5) is 0 Å². The van der Waals surface area contributed by atoms with E-state index in [4.69, 9.17) is 14.2 Å². The molecule has 4 heteroatoms. The molecule has 4 nitrogen and oxygen atoms in total. The average Bonchev–Trinajstić information content (AvgIpc) is 2.36. The summed E-state index contributed by atoms with van der Waals surface area (Å²) in [5, 5.41) is 0. The van der Waals surface area contributed by atoms with Gasteiger partial charge in [-0.25, -0.2) is 4.98 Å². The Hall–Kier alpha value is -1.13. The van der Waals surface area contributed by atoms with Gasteiger partial charge in [-0.3, -0.25) is 0 Å². The number of ether oxygens (including phenoxy) is 3. The fraction of sp³-hybridized carbons (Fsp3) is 0.667. The summed E-state index contributed by atoms with van der Waals surface area (Å²) in [6.07, 6.45) is 1.43. The quantitative estimate of drug-likeness (QED) is 0.712. The second-order valence-electron chi connectivity index (χ2n) is 5.28. The van der Waals surface area contributed by atoms with Crippen LogP contribution >= 0.6 is 0 Å². The molecule has 0 unspecified atom stereocenters. The maximum atomic E-state index is 5.65. The summed E-state index contributed by atoms with van der Waals surface area (Å²) in [5.74, 6) is 0.608. The molecular weight excluding hydrogens is 242 g/mol. The van der Waals surface area contributed by atoms with E-state index in [1.54, 1.807) is 6.20 Å². The molecule has 0 bridgehead atoms. The zero-order chi connectivity index (χ0) is 14.3. The van der Waals surface area contributed by atoms with Gasteiger partial charge in [0.2, 0.25) is 5.88 Å². The van der Waals surface area contributed by atoms with E-state index in [1.165, 1.54) is 5.56 Å². The van der Waals surface area contributed by atoms with Crippen LogP contribution in [-0.2, 0) is 14.9 Å². The Morgan fingerprint density at radius 2 is 1.79 bits per heavy atom. The van der Waals surface area contributed by atoms with Gasteiger partial charge in [0, 0.05) is 25.5 Å². The molecule has 0 aliphatic heterocycles. The molecule has 0 aliphatic carbocycles. The van der Waals surface area contributed by atoms with E-state index in [1.807, 2.05) is 26.0 Å². The van der Waals surface area contributed by atoms with E-state index >= 15 is 0 Å². The molecule has 1 aromatic rings. The highest BCUT2D eigenvalue weighted by Gasteiger charge is 2.15. The largest absolute Gasteiger partial charge is 0.472 e. The Labute approximate surface area is 116 Å². The Balaban J connectivity index is 2.61. The van der Waals surface area contributed by atoms with Gasteiger partial charge in [0.1, 0.15) is 6.61 Å². The van der Waals surface area contributed by atoms with E-state index in [2.05, 4.69) is 25.8 Å². The number of rotatable bonds is 7. The maximum Gasteiger partial charge on any atom is 0.213 e. The van der Waals surface area contributed by atoms with Gasteiger partial charge in [-0.2, -0.15) is 0 Å². The fourth-order valence-corrected chi connectivity index (χ4v) is 1.62. The summed E-state index contributed by atoms with van der Waals surface area (Å²) in [4.78, 5) is 4.21. The van der Waals surface area contributed by atoms with Crippen LogP contribution in [0.2, 0.25) is 0 Å². The smallest absolute Gasteiger partial charge is 0.213 e. The molecule has 19 heavy (non-hydrogen) atoms. The third-order valence-corrected chi connectivity index (χ3v) is 2.67. The van der Waals surface area contributed by atoms with Gasteiger partial charge in [0.05, 0.1) is 0 Å². The van der Waals surface area contributed by atoms with Crippen molar-refractivity contribution in [3.05, 3.63) is 23.9 Å². The SMILES string of the molecule is CCOC(COc1cc(C(C)(C)C)ccn1)OCC. The molecule has 0 aromatic carbocycles. The predicted octanol–water partition coefficient (Wildman–Crippen LogP) is 3.16. The van der Waals surface area contributed by atoms with E-state index in [-0.39, 0.29) is 11.7 Å². The molecule has 0 saturated heterocycles. The second kappa shape index (κ2) is 7.46. The molecule has 1 rings (SSSR count). The third-order valence-electron chi connectivity index (χ3n) is 2.67. The average molecular weight is 267 g/mol. The summed E-state index contributed by atoms with van der Waals surface area (Å²) in [7, 11) is 0. The molecule has 1 heterocycles. The van der Waals surface area contributed by atoms with Gasteiger partial charge in [-0.05, 0) is 30.9 Å². The van der Waals surface area contributed by atoms with Crippen molar-refractivity contribution < 1.29 is 14.2 Å². The molecule has 0 atom stereocenters. The van der Waals surface area contributed by atoms with Crippen LogP contribution in [-0.4, -0.2) is 31.1 Å². The molecule has 0 fully saturated rings. The molecule has 1 aromatic heterocycles. The van der Waals surface area contributed by atoms with Crippen LogP contribution in [0.25, 0.3) is 0 Å². The molecular formula is C15H25NO3. The Kier molecular flexibility index (Phi) is 6.25. The number of hydrogen-bond acceptors (Lipinski definition) is 4. The summed E-state index contributed by atoms with van der Waals surface area (Å²) >= 11 is 0. The summed E-state index contributed by atoms with van der Waals surface area (Å²) < 4.78 is 16.5. The van der Waals surface area contributed by atoms with E-state index < -0.39 is 0 Å². The van der Waals surface area contributed by atoms with Crippen LogP contribution in [0.5, 0.6) is 5.88 Å². The van der Waals surface area contributed by atoms with Crippen molar-refractivity contribution in [1.29, 1.82) is 0 Å². The van der Waals surface area contributed by atoms with Crippen LogP contribution in [0.3, 0.4) is 0 Å². The maximum absolute atomic E-state index is 5.65. The van der Waals surface area contributed by atoms with Crippen molar-refractivity contribution in [3.8, 4) is 5.88 Å². The first kappa shape index (κ1) is 15.9. The van der Waals surface area contributed by atoms with Crippen molar-refractivity contribution in [2.75, 3.05) is 19.8 Å². The molecule has 108 valence electrons. The van der Waals surface area contributed by atoms with Crippen molar-refractivity contribution in [1.82, 2.24) is 4.98 Å². The van der Waals surface area contributed by atoms with Gasteiger partial charge in [0.25, 0.3) is 0 Å². The van der Waals surface area contributed by atoms with Gasteiger partial charge >= 0.3 is 0 Å². The van der Waals surface area contributed by atoms with Crippen molar-refractivity contribution in [2.24, 2.45) is 0 Å².